The van der Waals surface area contributed by atoms with Crippen molar-refractivity contribution in [3.8, 4) is 11.4 Å². The van der Waals surface area contributed by atoms with Gasteiger partial charge in [-0.2, -0.15) is 0 Å². The van der Waals surface area contributed by atoms with Crippen molar-refractivity contribution in [1.82, 2.24) is 15.3 Å². The van der Waals surface area contributed by atoms with Gasteiger partial charge in [0.05, 0.1) is 0 Å². The van der Waals surface area contributed by atoms with Crippen LogP contribution in [0.2, 0.25) is 5.02 Å². The number of H-pyrrole nitrogens is 1. The molecule has 0 unspecified atom stereocenters. The maximum absolute atomic E-state index is 11.9. The number of halogens is 1. The summed E-state index contributed by atoms with van der Waals surface area (Å²) in [6, 6.07) is 7.54. The zero-order chi connectivity index (χ0) is 15.4. The molecule has 1 heterocycles. The van der Waals surface area contributed by atoms with Crippen molar-refractivity contribution in [3.63, 3.8) is 0 Å². The van der Waals surface area contributed by atoms with Crippen LogP contribution < -0.4 is 5.32 Å². The number of benzene rings is 1. The molecule has 1 aromatic heterocycles. The molecule has 0 atom stereocenters. The fraction of sp³-hybridized carbons (Fsp3) is 0.294. The van der Waals surface area contributed by atoms with E-state index in [0.717, 1.165) is 48.3 Å². The standard InChI is InChI=1S/C17H18ClN3O/c18-14-7-5-12(6-8-14)16-20-11-15(21-16)9-10-19-17(22)13-3-1-2-4-13/h3,5-8,11H,1-2,4,9-10H2,(H,19,22)(H,20,21). The van der Waals surface area contributed by atoms with Gasteiger partial charge in [-0.1, -0.05) is 17.7 Å². The maximum atomic E-state index is 11.9. The van der Waals surface area contributed by atoms with E-state index in [1.807, 2.05) is 36.5 Å². The van der Waals surface area contributed by atoms with Crippen LogP contribution in [-0.2, 0) is 11.2 Å². The lowest BCUT2D eigenvalue weighted by molar-refractivity contribution is -0.117. The highest BCUT2D eigenvalue weighted by molar-refractivity contribution is 6.30. The Morgan fingerprint density at radius 3 is 2.86 bits per heavy atom. The number of nitrogens with zero attached hydrogens (tertiary/aromatic N) is 1. The Kier molecular flexibility index (Phi) is 4.59. The summed E-state index contributed by atoms with van der Waals surface area (Å²) < 4.78 is 0. The van der Waals surface area contributed by atoms with Crippen molar-refractivity contribution in [2.24, 2.45) is 0 Å². The molecule has 2 N–H and O–H groups in total. The van der Waals surface area contributed by atoms with Crippen LogP contribution in [0, 0.1) is 0 Å². The van der Waals surface area contributed by atoms with E-state index in [1.54, 1.807) is 0 Å². The van der Waals surface area contributed by atoms with Gasteiger partial charge < -0.3 is 10.3 Å². The summed E-state index contributed by atoms with van der Waals surface area (Å²) in [5.41, 5.74) is 2.92. The predicted octanol–water partition coefficient (Wildman–Crippen LogP) is 3.50. The third-order valence-corrected chi connectivity index (χ3v) is 4.01. The van der Waals surface area contributed by atoms with Gasteiger partial charge in [0.1, 0.15) is 5.82 Å². The second-order valence-electron chi connectivity index (χ2n) is 5.39. The lowest BCUT2D eigenvalue weighted by Gasteiger charge is -2.04. The van der Waals surface area contributed by atoms with Gasteiger partial charge in [-0.15, -0.1) is 0 Å². The topological polar surface area (TPSA) is 57.8 Å². The summed E-state index contributed by atoms with van der Waals surface area (Å²) in [6.07, 6.45) is 7.59. The minimum Gasteiger partial charge on any atom is -0.352 e. The van der Waals surface area contributed by atoms with Gasteiger partial charge in [-0.25, -0.2) is 4.98 Å². The van der Waals surface area contributed by atoms with Crippen molar-refractivity contribution < 1.29 is 4.79 Å². The molecule has 0 aliphatic heterocycles. The molecule has 3 rings (SSSR count). The van der Waals surface area contributed by atoms with Gasteiger partial charge in [0, 0.05) is 41.0 Å². The van der Waals surface area contributed by atoms with Gasteiger partial charge >= 0.3 is 0 Å². The number of hydrogen-bond donors (Lipinski definition) is 2. The number of nitrogens with one attached hydrogen (secondary N) is 2. The number of carbonyl (C=O) groups is 1. The second kappa shape index (κ2) is 6.79. The van der Waals surface area contributed by atoms with Crippen LogP contribution in [-0.4, -0.2) is 22.4 Å². The smallest absolute Gasteiger partial charge is 0.246 e. The van der Waals surface area contributed by atoms with Crippen LogP contribution in [0.1, 0.15) is 25.0 Å². The Hall–Kier alpha value is -2.07. The van der Waals surface area contributed by atoms with E-state index in [0.29, 0.717) is 11.6 Å². The first-order valence-electron chi connectivity index (χ1n) is 7.49. The number of imidazole rings is 1. The highest BCUT2D eigenvalue weighted by Crippen LogP contribution is 2.19. The summed E-state index contributed by atoms with van der Waals surface area (Å²) in [5, 5.41) is 3.66. The van der Waals surface area contributed by atoms with Crippen LogP contribution in [0.25, 0.3) is 11.4 Å². The maximum Gasteiger partial charge on any atom is 0.246 e. The Balaban J connectivity index is 1.53. The first-order valence-corrected chi connectivity index (χ1v) is 7.87. The molecule has 0 spiro atoms. The Bertz CT molecular complexity index is 688. The van der Waals surface area contributed by atoms with E-state index in [9.17, 15) is 4.79 Å². The largest absolute Gasteiger partial charge is 0.352 e. The van der Waals surface area contributed by atoms with Crippen LogP contribution in [0.15, 0.2) is 42.1 Å². The molecule has 1 aromatic carbocycles. The minimum atomic E-state index is 0.0648. The molecule has 0 saturated heterocycles. The van der Waals surface area contributed by atoms with E-state index in [1.165, 1.54) is 0 Å². The molecule has 5 heteroatoms. The number of aromatic nitrogens is 2. The lowest BCUT2D eigenvalue weighted by Crippen LogP contribution is -2.26. The normalized spacial score (nSPS) is 14.0. The summed E-state index contributed by atoms with van der Waals surface area (Å²) in [5.74, 6) is 0.881. The molecule has 1 aliphatic carbocycles. The fourth-order valence-electron chi connectivity index (χ4n) is 2.54. The summed E-state index contributed by atoms with van der Waals surface area (Å²) >= 11 is 5.88. The first-order chi connectivity index (χ1) is 10.7. The number of aromatic amines is 1. The summed E-state index contributed by atoms with van der Waals surface area (Å²) in [7, 11) is 0. The van der Waals surface area contributed by atoms with Gasteiger partial charge in [-0.3, -0.25) is 4.79 Å². The molecule has 0 saturated carbocycles. The third-order valence-electron chi connectivity index (χ3n) is 3.76. The first kappa shape index (κ1) is 14.9. The average Bonchev–Trinajstić information content (AvgIpc) is 3.19. The second-order valence-corrected chi connectivity index (χ2v) is 5.83. The molecule has 1 aliphatic rings. The van der Waals surface area contributed by atoms with Gasteiger partial charge in [0.2, 0.25) is 5.91 Å². The Morgan fingerprint density at radius 2 is 2.14 bits per heavy atom. The van der Waals surface area contributed by atoms with E-state index in [-0.39, 0.29) is 5.91 Å². The van der Waals surface area contributed by atoms with Crippen molar-refractivity contribution in [1.29, 1.82) is 0 Å². The molecule has 1 amide bonds. The van der Waals surface area contributed by atoms with Crippen LogP contribution >= 0.6 is 11.6 Å². The summed E-state index contributed by atoms with van der Waals surface area (Å²) in [6.45, 7) is 0.610. The molecule has 22 heavy (non-hydrogen) atoms. The molecule has 0 fully saturated rings. The fourth-order valence-corrected chi connectivity index (χ4v) is 2.67. The quantitative estimate of drug-likeness (QED) is 0.887. The van der Waals surface area contributed by atoms with Crippen LogP contribution in [0.5, 0.6) is 0 Å². The molecule has 0 radical (unpaired) electrons. The molecule has 114 valence electrons. The van der Waals surface area contributed by atoms with Gasteiger partial charge in [-0.05, 0) is 43.5 Å². The monoisotopic (exact) mass is 315 g/mol. The third kappa shape index (κ3) is 3.57. The highest BCUT2D eigenvalue weighted by Gasteiger charge is 2.12. The number of hydrogen-bond acceptors (Lipinski definition) is 2. The SMILES string of the molecule is O=C(NCCc1cnc(-c2ccc(Cl)cc2)[nH]1)C1=CCCC1. The van der Waals surface area contributed by atoms with Crippen LogP contribution in [0.4, 0.5) is 0 Å². The molecular formula is C17H18ClN3O. The summed E-state index contributed by atoms with van der Waals surface area (Å²) in [4.78, 5) is 19.5. The Morgan fingerprint density at radius 1 is 1.32 bits per heavy atom. The Labute approximate surface area is 134 Å². The van der Waals surface area contributed by atoms with Crippen molar-refractivity contribution in [2.45, 2.75) is 25.7 Å². The van der Waals surface area contributed by atoms with E-state index in [4.69, 9.17) is 11.6 Å². The average molecular weight is 316 g/mol. The number of amides is 1. The van der Waals surface area contributed by atoms with E-state index >= 15 is 0 Å². The minimum absolute atomic E-state index is 0.0648. The number of carbonyl (C=O) groups excluding carboxylic acids is 1. The molecule has 0 bridgehead atoms. The predicted molar refractivity (Wildman–Crippen MR) is 87.7 cm³/mol. The van der Waals surface area contributed by atoms with Gasteiger partial charge in [0.15, 0.2) is 0 Å². The van der Waals surface area contributed by atoms with E-state index < -0.39 is 0 Å². The van der Waals surface area contributed by atoms with Crippen molar-refractivity contribution in [3.05, 3.63) is 52.8 Å². The number of rotatable bonds is 5. The van der Waals surface area contributed by atoms with Crippen LogP contribution in [0.3, 0.4) is 0 Å². The molecular weight excluding hydrogens is 298 g/mol. The van der Waals surface area contributed by atoms with Crippen molar-refractivity contribution in [2.75, 3.05) is 6.54 Å². The lowest BCUT2D eigenvalue weighted by atomic mass is 10.2. The highest BCUT2D eigenvalue weighted by atomic mass is 35.5. The molecule has 2 aromatic rings. The number of allylic oxidation sites excluding steroid dienone is 1. The zero-order valence-corrected chi connectivity index (χ0v) is 13.0. The van der Waals surface area contributed by atoms with E-state index in [2.05, 4.69) is 15.3 Å². The van der Waals surface area contributed by atoms with Crippen molar-refractivity contribution >= 4 is 17.5 Å². The zero-order valence-electron chi connectivity index (χ0n) is 12.2. The van der Waals surface area contributed by atoms with Gasteiger partial charge in [0.25, 0.3) is 0 Å². The molecule has 4 nitrogen and oxygen atoms in total.